The van der Waals surface area contributed by atoms with Crippen LogP contribution < -0.4 is 4.90 Å². The van der Waals surface area contributed by atoms with Crippen LogP contribution in [0.5, 0.6) is 0 Å². The number of para-hydroxylation sites is 1. The number of carbonyl (C=O) groups is 2. The molecule has 0 unspecified atom stereocenters. The van der Waals surface area contributed by atoms with Gasteiger partial charge in [-0.2, -0.15) is 0 Å². The highest BCUT2D eigenvalue weighted by molar-refractivity contribution is 6.01. The molecule has 0 aliphatic carbocycles. The molecule has 1 aliphatic rings. The van der Waals surface area contributed by atoms with Crippen molar-refractivity contribution in [3.8, 4) is 0 Å². The molecule has 0 fully saturated rings. The van der Waals surface area contributed by atoms with Gasteiger partial charge < -0.3 is 14.1 Å². The minimum Gasteiger partial charge on any atom is -0.466 e. The summed E-state index contributed by atoms with van der Waals surface area (Å²) in [6.45, 7) is 7.07. The smallest absolute Gasteiger partial charge is 0.342 e. The molecule has 1 amide bonds. The van der Waals surface area contributed by atoms with E-state index < -0.39 is 12.1 Å². The Bertz CT molecular complexity index is 792. The minimum atomic E-state index is -0.860. The van der Waals surface area contributed by atoms with E-state index in [9.17, 15) is 9.59 Å². The molecular formula is C19H21NO4. The molecule has 1 aromatic heterocycles. The van der Waals surface area contributed by atoms with Gasteiger partial charge in [0.2, 0.25) is 0 Å². The largest absolute Gasteiger partial charge is 0.466 e. The number of ether oxygens (including phenoxy) is 1. The lowest BCUT2D eigenvalue weighted by Gasteiger charge is -2.25. The lowest BCUT2D eigenvalue weighted by molar-refractivity contribution is -0.126. The third-order valence-electron chi connectivity index (χ3n) is 4.34. The highest BCUT2D eigenvalue weighted by Gasteiger charge is 2.34. The van der Waals surface area contributed by atoms with Gasteiger partial charge in [-0.15, -0.1) is 0 Å². The van der Waals surface area contributed by atoms with Crippen molar-refractivity contribution in [3.05, 3.63) is 53.0 Å². The van der Waals surface area contributed by atoms with Gasteiger partial charge in [0.25, 0.3) is 5.91 Å². The Morgan fingerprint density at radius 2 is 2.00 bits per heavy atom. The van der Waals surface area contributed by atoms with Crippen molar-refractivity contribution in [2.45, 2.75) is 46.3 Å². The number of aryl methyl sites for hydroxylation is 2. The van der Waals surface area contributed by atoms with E-state index in [-0.39, 0.29) is 11.9 Å². The maximum absolute atomic E-state index is 12.8. The van der Waals surface area contributed by atoms with Crippen molar-refractivity contribution in [2.75, 3.05) is 4.90 Å². The number of benzene rings is 1. The summed E-state index contributed by atoms with van der Waals surface area (Å²) >= 11 is 0. The van der Waals surface area contributed by atoms with E-state index in [0.29, 0.717) is 17.1 Å². The van der Waals surface area contributed by atoms with E-state index in [4.69, 9.17) is 9.15 Å². The van der Waals surface area contributed by atoms with E-state index >= 15 is 0 Å². The zero-order chi connectivity index (χ0) is 17.4. The van der Waals surface area contributed by atoms with Gasteiger partial charge in [0.1, 0.15) is 17.1 Å². The van der Waals surface area contributed by atoms with Crippen LogP contribution in [0.1, 0.15) is 41.3 Å². The van der Waals surface area contributed by atoms with Gasteiger partial charge in [0.15, 0.2) is 6.10 Å². The Hall–Kier alpha value is -2.56. The van der Waals surface area contributed by atoms with Gasteiger partial charge in [0.05, 0.1) is 0 Å². The van der Waals surface area contributed by atoms with Crippen molar-refractivity contribution in [1.82, 2.24) is 0 Å². The fraction of sp³-hybridized carbons (Fsp3) is 0.368. The van der Waals surface area contributed by atoms with E-state index in [2.05, 4.69) is 0 Å². The van der Waals surface area contributed by atoms with Crippen LogP contribution in [0.25, 0.3) is 0 Å². The number of esters is 1. The number of carbonyl (C=O) groups excluding carboxylic acids is 2. The molecule has 3 rings (SSSR count). The molecule has 2 heterocycles. The Morgan fingerprint density at radius 3 is 2.67 bits per heavy atom. The summed E-state index contributed by atoms with van der Waals surface area (Å²) in [5.41, 5.74) is 2.40. The van der Waals surface area contributed by atoms with Crippen LogP contribution in [0.15, 0.2) is 34.7 Å². The number of hydrogen-bond donors (Lipinski definition) is 0. The summed E-state index contributed by atoms with van der Waals surface area (Å²) in [6, 6.07) is 9.50. The number of furan rings is 1. The first kappa shape index (κ1) is 16.3. The van der Waals surface area contributed by atoms with Crippen molar-refractivity contribution in [3.63, 3.8) is 0 Å². The average Bonchev–Trinajstić information content (AvgIpc) is 3.04. The van der Waals surface area contributed by atoms with Crippen molar-refractivity contribution >= 4 is 17.6 Å². The van der Waals surface area contributed by atoms with E-state index in [0.717, 1.165) is 17.7 Å². The second-order valence-electron chi connectivity index (χ2n) is 6.26. The average molecular weight is 327 g/mol. The van der Waals surface area contributed by atoms with Crippen LogP contribution in [0.4, 0.5) is 5.69 Å². The van der Waals surface area contributed by atoms with Crippen molar-refractivity contribution in [1.29, 1.82) is 0 Å². The topological polar surface area (TPSA) is 59.8 Å². The molecule has 1 aromatic carbocycles. The number of amides is 1. The summed E-state index contributed by atoms with van der Waals surface area (Å²) < 4.78 is 10.7. The first-order valence-corrected chi connectivity index (χ1v) is 8.07. The monoisotopic (exact) mass is 327 g/mol. The lowest BCUT2D eigenvalue weighted by atomic mass is 10.1. The quantitative estimate of drug-likeness (QED) is 0.811. The molecule has 5 nitrogen and oxygen atoms in total. The fourth-order valence-corrected chi connectivity index (χ4v) is 3.21. The number of nitrogens with zero attached hydrogens (tertiary/aromatic N) is 1. The first-order chi connectivity index (χ1) is 11.4. The van der Waals surface area contributed by atoms with Gasteiger partial charge in [-0.3, -0.25) is 4.79 Å². The molecule has 2 atom stereocenters. The Labute approximate surface area is 141 Å². The third-order valence-corrected chi connectivity index (χ3v) is 4.34. The molecule has 0 N–H and O–H groups in total. The number of rotatable bonds is 3. The molecule has 24 heavy (non-hydrogen) atoms. The molecule has 0 radical (unpaired) electrons. The van der Waals surface area contributed by atoms with E-state index in [1.165, 1.54) is 0 Å². The van der Waals surface area contributed by atoms with Gasteiger partial charge >= 0.3 is 5.97 Å². The number of anilines is 1. The van der Waals surface area contributed by atoms with E-state index in [1.54, 1.807) is 31.7 Å². The van der Waals surface area contributed by atoms with Crippen LogP contribution in [0, 0.1) is 13.8 Å². The molecular weight excluding hydrogens is 306 g/mol. The second-order valence-corrected chi connectivity index (χ2v) is 6.26. The molecule has 0 saturated carbocycles. The van der Waals surface area contributed by atoms with Crippen LogP contribution in [-0.2, 0) is 16.0 Å². The maximum atomic E-state index is 12.8. The second kappa shape index (κ2) is 6.15. The van der Waals surface area contributed by atoms with Gasteiger partial charge in [-0.1, -0.05) is 18.2 Å². The van der Waals surface area contributed by atoms with Gasteiger partial charge in [-0.25, -0.2) is 4.79 Å². The summed E-state index contributed by atoms with van der Waals surface area (Å²) in [5, 5.41) is 0. The third kappa shape index (κ3) is 2.82. The number of fused-ring (bicyclic) bond motifs is 1. The van der Waals surface area contributed by atoms with Crippen LogP contribution in [0.2, 0.25) is 0 Å². The fourth-order valence-electron chi connectivity index (χ4n) is 3.21. The number of hydrogen-bond acceptors (Lipinski definition) is 4. The zero-order valence-electron chi connectivity index (χ0n) is 14.3. The molecule has 2 aromatic rings. The minimum absolute atomic E-state index is 0.0500. The standard InChI is InChI=1S/C19H21NO4/c1-11-9-15-7-5-6-8-17(15)20(11)18(21)14(4)24-19(22)16-10-12(2)23-13(16)3/h5-8,10-11,14H,9H2,1-4H3/t11-,14+/m0/s1. The SMILES string of the molecule is Cc1cc(C(=O)O[C@H](C)C(=O)N2c3ccccc3C[C@@H]2C)c(C)o1. The predicted molar refractivity (Wildman–Crippen MR) is 90.2 cm³/mol. The molecule has 0 saturated heterocycles. The maximum Gasteiger partial charge on any atom is 0.342 e. The van der Waals surface area contributed by atoms with Crippen molar-refractivity contribution in [2.24, 2.45) is 0 Å². The predicted octanol–water partition coefficient (Wildman–Crippen LogP) is 3.42. The first-order valence-electron chi connectivity index (χ1n) is 8.07. The summed E-state index contributed by atoms with van der Waals surface area (Å²) in [6.07, 6.45) is -0.0523. The zero-order valence-corrected chi connectivity index (χ0v) is 14.3. The molecule has 0 bridgehead atoms. The summed E-state index contributed by atoms with van der Waals surface area (Å²) in [5.74, 6) is 0.390. The summed E-state index contributed by atoms with van der Waals surface area (Å²) in [7, 11) is 0. The highest BCUT2D eigenvalue weighted by Crippen LogP contribution is 2.32. The molecule has 1 aliphatic heterocycles. The summed E-state index contributed by atoms with van der Waals surface area (Å²) in [4.78, 5) is 26.8. The Kier molecular flexibility index (Phi) is 4.18. The van der Waals surface area contributed by atoms with Crippen LogP contribution in [-0.4, -0.2) is 24.0 Å². The van der Waals surface area contributed by atoms with Crippen molar-refractivity contribution < 1.29 is 18.7 Å². The van der Waals surface area contributed by atoms with E-state index in [1.807, 2.05) is 31.2 Å². The van der Waals surface area contributed by atoms with Crippen LogP contribution >= 0.6 is 0 Å². The normalized spacial score (nSPS) is 17.5. The highest BCUT2D eigenvalue weighted by atomic mass is 16.5. The van der Waals surface area contributed by atoms with Crippen LogP contribution in [0.3, 0.4) is 0 Å². The Balaban J connectivity index is 1.76. The molecule has 5 heteroatoms. The van der Waals surface area contributed by atoms with Gasteiger partial charge in [0, 0.05) is 11.7 Å². The molecule has 0 spiro atoms. The molecule has 126 valence electrons. The Morgan fingerprint density at radius 1 is 1.29 bits per heavy atom. The van der Waals surface area contributed by atoms with Gasteiger partial charge in [-0.05, 0) is 51.8 Å². The lowest BCUT2D eigenvalue weighted by Crippen LogP contribution is -2.43.